The van der Waals surface area contributed by atoms with Gasteiger partial charge in [0.05, 0.1) is 0 Å². The van der Waals surface area contributed by atoms with Gasteiger partial charge in [0.25, 0.3) is 0 Å². The summed E-state index contributed by atoms with van der Waals surface area (Å²) in [4.78, 5) is 0. The minimum absolute atomic E-state index is 0.387. The van der Waals surface area contributed by atoms with Gasteiger partial charge < -0.3 is 0 Å². The Morgan fingerprint density at radius 2 is 1.21 bits per heavy atom. The third kappa shape index (κ3) is 4.30. The highest BCUT2D eigenvalue weighted by Crippen LogP contribution is 2.45. The largest absolute Gasteiger partial charge is 0.0836 e. The van der Waals surface area contributed by atoms with E-state index in [1.807, 2.05) is 0 Å². The summed E-state index contributed by atoms with van der Waals surface area (Å²) in [7, 11) is 0. The second-order valence-corrected chi connectivity index (χ2v) is 11.8. The third-order valence-electron chi connectivity index (χ3n) is 9.32. The zero-order chi connectivity index (χ0) is 27.9. The molecule has 5 aromatic carbocycles. The first-order valence-electron chi connectivity index (χ1n) is 15.4. The van der Waals surface area contributed by atoms with E-state index in [0.29, 0.717) is 5.92 Å². The third-order valence-corrected chi connectivity index (χ3v) is 9.32. The molecule has 3 aliphatic carbocycles. The normalized spacial score (nSPS) is 18.6. The molecular formula is C42H34. The van der Waals surface area contributed by atoms with Crippen LogP contribution in [0.1, 0.15) is 54.7 Å². The fraction of sp³-hybridized carbons (Fsp3) is 0.143. The van der Waals surface area contributed by atoms with Crippen LogP contribution < -0.4 is 0 Å². The first-order valence-corrected chi connectivity index (χ1v) is 15.4. The summed E-state index contributed by atoms with van der Waals surface area (Å²) < 4.78 is 0. The minimum atomic E-state index is 0.387. The number of hydrogen-bond acceptors (Lipinski definition) is 0. The smallest absolute Gasteiger partial charge is 0.00617 e. The van der Waals surface area contributed by atoms with Gasteiger partial charge >= 0.3 is 0 Å². The van der Waals surface area contributed by atoms with Gasteiger partial charge in [-0.15, -0.1) is 0 Å². The zero-order valence-corrected chi connectivity index (χ0v) is 23.9. The molecule has 0 spiro atoms. The van der Waals surface area contributed by atoms with Crippen LogP contribution in [-0.2, 0) is 0 Å². The predicted molar refractivity (Wildman–Crippen MR) is 182 cm³/mol. The van der Waals surface area contributed by atoms with Crippen LogP contribution in [0.4, 0.5) is 0 Å². The van der Waals surface area contributed by atoms with Crippen LogP contribution in [-0.4, -0.2) is 0 Å². The predicted octanol–water partition coefficient (Wildman–Crippen LogP) is 11.7. The Bertz CT molecular complexity index is 2040. The monoisotopic (exact) mass is 538 g/mol. The highest BCUT2D eigenvalue weighted by molar-refractivity contribution is 6.29. The Labute approximate surface area is 248 Å². The van der Waals surface area contributed by atoms with Gasteiger partial charge in [-0.3, -0.25) is 0 Å². The molecule has 5 aromatic rings. The maximum absolute atomic E-state index is 2.47. The number of rotatable bonds is 4. The summed E-state index contributed by atoms with van der Waals surface area (Å²) in [5, 5.41) is 8.16. The Hall–Kier alpha value is -4.68. The van der Waals surface area contributed by atoms with Crippen LogP contribution in [0, 0.1) is 0 Å². The van der Waals surface area contributed by atoms with Gasteiger partial charge in [-0.25, -0.2) is 0 Å². The van der Waals surface area contributed by atoms with Gasteiger partial charge in [0, 0.05) is 5.92 Å². The van der Waals surface area contributed by atoms with Crippen molar-refractivity contribution in [1.29, 1.82) is 0 Å². The molecule has 0 aromatic heterocycles. The van der Waals surface area contributed by atoms with Crippen LogP contribution in [0.3, 0.4) is 0 Å². The summed E-state index contributed by atoms with van der Waals surface area (Å²) >= 11 is 0. The number of hydrogen-bond donors (Lipinski definition) is 0. The van der Waals surface area contributed by atoms with Gasteiger partial charge in [-0.05, 0) is 103 Å². The second-order valence-electron chi connectivity index (χ2n) is 11.8. The molecule has 0 heteroatoms. The lowest BCUT2D eigenvalue weighted by Gasteiger charge is -2.23. The Balaban J connectivity index is 1.38. The quantitative estimate of drug-likeness (QED) is 0.200. The van der Waals surface area contributed by atoms with E-state index >= 15 is 0 Å². The van der Waals surface area contributed by atoms with Gasteiger partial charge in [-0.2, -0.15) is 0 Å². The van der Waals surface area contributed by atoms with Crippen molar-refractivity contribution < 1.29 is 0 Å². The standard InChI is InChI=1S/C42H34/c1-3-13-29(14-4-1)31-17-9-19-33(27-31)35-23-11-25-39-37-21-7-8-22-38(37)40-26-12-24-36(42(40)41(35)39)34-20-10-18-32(28-34)30-15-5-2-6-16-30/h1,3-5,7-9,11-19,21-26,28,31H,2,6,10,20,27H2. The zero-order valence-electron chi connectivity index (χ0n) is 23.9. The number of fused-ring (bicyclic) bond motifs is 6. The van der Waals surface area contributed by atoms with E-state index in [1.165, 1.54) is 71.3 Å². The van der Waals surface area contributed by atoms with Gasteiger partial charge in [0.2, 0.25) is 0 Å². The summed E-state index contributed by atoms with van der Waals surface area (Å²) in [5.74, 6) is 0.387. The average Bonchev–Trinajstić information content (AvgIpc) is 3.09. The molecule has 0 saturated carbocycles. The second kappa shape index (κ2) is 10.6. The van der Waals surface area contributed by atoms with Crippen LogP contribution in [0.5, 0.6) is 0 Å². The highest BCUT2D eigenvalue weighted by atomic mass is 14.2. The van der Waals surface area contributed by atoms with E-state index < -0.39 is 0 Å². The fourth-order valence-electron chi connectivity index (χ4n) is 7.33. The summed E-state index contributed by atoms with van der Waals surface area (Å²) in [6, 6.07) is 33.9. The molecule has 0 radical (unpaired) electrons. The van der Waals surface area contributed by atoms with Crippen LogP contribution in [0.25, 0.3) is 43.5 Å². The van der Waals surface area contributed by atoms with Crippen molar-refractivity contribution in [2.24, 2.45) is 0 Å². The maximum Gasteiger partial charge on any atom is 0.00617 e. The first kappa shape index (κ1) is 25.1. The lowest BCUT2D eigenvalue weighted by atomic mass is 9.80. The van der Waals surface area contributed by atoms with E-state index in [2.05, 4.69) is 140 Å². The summed E-state index contributed by atoms with van der Waals surface area (Å²) in [5.41, 5.74) is 9.75. The molecular weight excluding hydrogens is 504 g/mol. The van der Waals surface area contributed by atoms with Crippen molar-refractivity contribution in [3.8, 4) is 0 Å². The van der Waals surface area contributed by atoms with Crippen LogP contribution in [0.15, 0.2) is 151 Å². The molecule has 1 unspecified atom stereocenters. The topological polar surface area (TPSA) is 0 Å². The molecule has 0 fully saturated rings. The van der Waals surface area contributed by atoms with Crippen LogP contribution in [0.2, 0.25) is 0 Å². The molecule has 8 rings (SSSR count). The Morgan fingerprint density at radius 3 is 1.93 bits per heavy atom. The Morgan fingerprint density at radius 1 is 0.548 bits per heavy atom. The molecule has 42 heavy (non-hydrogen) atoms. The average molecular weight is 539 g/mol. The minimum Gasteiger partial charge on any atom is -0.0836 e. The lowest BCUT2D eigenvalue weighted by molar-refractivity contribution is 0.868. The molecule has 0 bridgehead atoms. The molecule has 0 aliphatic heterocycles. The SMILES string of the molecule is C1=CC(c2ccccc2)CC(c2cccc3c4ccccc4c4cccc(C5=CC(C6=CCCC=C6)=CCC5)c4c23)=C1. The van der Waals surface area contributed by atoms with Gasteiger partial charge in [0.15, 0.2) is 0 Å². The highest BCUT2D eigenvalue weighted by Gasteiger charge is 2.21. The van der Waals surface area contributed by atoms with Gasteiger partial charge in [0.1, 0.15) is 0 Å². The Kier molecular flexibility index (Phi) is 6.34. The van der Waals surface area contributed by atoms with Crippen molar-refractivity contribution >= 4 is 43.5 Å². The maximum atomic E-state index is 2.47. The molecule has 0 N–H and O–H groups in total. The van der Waals surface area contributed by atoms with Crippen molar-refractivity contribution in [3.05, 3.63) is 167 Å². The van der Waals surface area contributed by atoms with Crippen molar-refractivity contribution in [2.75, 3.05) is 0 Å². The molecule has 1 atom stereocenters. The first-order chi connectivity index (χ1) is 20.8. The fourth-order valence-corrected chi connectivity index (χ4v) is 7.33. The van der Waals surface area contributed by atoms with E-state index in [9.17, 15) is 0 Å². The number of allylic oxidation sites excluding steroid dienone is 12. The van der Waals surface area contributed by atoms with Crippen LogP contribution >= 0.6 is 0 Å². The molecule has 0 heterocycles. The van der Waals surface area contributed by atoms with E-state index in [4.69, 9.17) is 0 Å². The molecule has 3 aliphatic rings. The number of benzene rings is 5. The van der Waals surface area contributed by atoms with E-state index in [0.717, 1.165) is 32.1 Å². The van der Waals surface area contributed by atoms with Crippen molar-refractivity contribution in [3.63, 3.8) is 0 Å². The summed E-state index contributed by atoms with van der Waals surface area (Å²) in [6.07, 6.45) is 24.3. The van der Waals surface area contributed by atoms with Gasteiger partial charge in [-0.1, -0.05) is 140 Å². The summed E-state index contributed by atoms with van der Waals surface area (Å²) in [6.45, 7) is 0. The van der Waals surface area contributed by atoms with E-state index in [-0.39, 0.29) is 0 Å². The lowest BCUT2D eigenvalue weighted by Crippen LogP contribution is -2.02. The van der Waals surface area contributed by atoms with Crippen molar-refractivity contribution in [2.45, 2.75) is 38.0 Å². The molecule has 202 valence electrons. The molecule has 0 saturated heterocycles. The van der Waals surface area contributed by atoms with E-state index in [1.54, 1.807) is 0 Å². The molecule has 0 nitrogen and oxygen atoms in total. The van der Waals surface area contributed by atoms with Crippen molar-refractivity contribution in [1.82, 2.24) is 0 Å². The molecule has 0 amide bonds.